The number of aromatic nitrogens is 1. The summed E-state index contributed by atoms with van der Waals surface area (Å²) in [7, 11) is 0. The van der Waals surface area contributed by atoms with Crippen molar-refractivity contribution in [1.82, 2.24) is 4.98 Å². The summed E-state index contributed by atoms with van der Waals surface area (Å²) in [6.45, 7) is 9.17. The molecule has 0 spiro atoms. The van der Waals surface area contributed by atoms with Gasteiger partial charge in [-0.1, -0.05) is 41.5 Å². The summed E-state index contributed by atoms with van der Waals surface area (Å²) in [5, 5.41) is 17.2. The van der Waals surface area contributed by atoms with Crippen molar-refractivity contribution < 1.29 is 19.5 Å². The minimum absolute atomic E-state index is 0.327. The van der Waals surface area contributed by atoms with Gasteiger partial charge in [-0.3, -0.25) is 19.4 Å². The van der Waals surface area contributed by atoms with Gasteiger partial charge in [-0.2, -0.15) is 0 Å². The van der Waals surface area contributed by atoms with Crippen LogP contribution in [0.25, 0.3) is 0 Å². The maximum absolute atomic E-state index is 13.8. The Kier molecular flexibility index (Phi) is 7.28. The highest BCUT2D eigenvalue weighted by Crippen LogP contribution is 2.46. The predicted octanol–water partition coefficient (Wildman–Crippen LogP) is 4.63. The molecule has 4 rings (SSSR count). The van der Waals surface area contributed by atoms with Crippen molar-refractivity contribution in [2.24, 2.45) is 11.8 Å². The number of anilines is 2. The number of aryl methyl sites for hydroxylation is 4. The Morgan fingerprint density at radius 1 is 0.892 bits per heavy atom. The van der Waals surface area contributed by atoms with E-state index >= 15 is 0 Å². The maximum Gasteiger partial charge on any atom is 0.235 e. The average molecular weight is 500 g/mol. The molecular weight excluding hydrogens is 466 g/mol. The average Bonchev–Trinajstić information content (AvgIpc) is 2.82. The molecule has 0 radical (unpaired) electrons. The second-order valence-electron chi connectivity index (χ2n) is 10.4. The van der Waals surface area contributed by atoms with Crippen molar-refractivity contribution in [3.63, 3.8) is 0 Å². The quantitative estimate of drug-likeness (QED) is 0.444. The summed E-state index contributed by atoms with van der Waals surface area (Å²) in [6, 6.07) is 16.4. The van der Waals surface area contributed by atoms with E-state index in [1.165, 1.54) is 6.92 Å². The van der Waals surface area contributed by atoms with Crippen molar-refractivity contribution in [3.05, 3.63) is 88.7 Å². The molecule has 7 heteroatoms. The van der Waals surface area contributed by atoms with E-state index in [2.05, 4.69) is 15.6 Å². The standard InChI is InChI=1S/C30H33N3O4/c1-17-9-11-21(19(3)14-17)32-28(35)26-24(34)16-30(5,37)27(25(26)23-8-6-7-13-31-23)29(36)33-22-12-10-18(2)15-20(22)4/h6-15,25-27,37H,16H2,1-5H3,(H,32,35)(H,33,36). The Morgan fingerprint density at radius 2 is 1.46 bits per heavy atom. The first-order chi connectivity index (χ1) is 17.5. The van der Waals surface area contributed by atoms with Gasteiger partial charge in [0.2, 0.25) is 11.8 Å². The summed E-state index contributed by atoms with van der Waals surface area (Å²) in [5.41, 5.74) is 3.77. The lowest BCUT2D eigenvalue weighted by atomic mass is 9.62. The Bertz CT molecular complexity index is 1350. The summed E-state index contributed by atoms with van der Waals surface area (Å²) >= 11 is 0. The van der Waals surface area contributed by atoms with Crippen LogP contribution < -0.4 is 10.6 Å². The first-order valence-electron chi connectivity index (χ1n) is 12.4. The van der Waals surface area contributed by atoms with E-state index in [1.54, 1.807) is 30.5 Å². The van der Waals surface area contributed by atoms with E-state index in [1.807, 2.05) is 58.0 Å². The number of rotatable bonds is 5. The molecule has 0 aliphatic heterocycles. The van der Waals surface area contributed by atoms with Gasteiger partial charge < -0.3 is 15.7 Å². The van der Waals surface area contributed by atoms with Gasteiger partial charge in [-0.25, -0.2) is 0 Å². The molecule has 1 aliphatic carbocycles. The molecule has 2 aromatic carbocycles. The minimum atomic E-state index is -1.68. The number of aliphatic hydroxyl groups is 1. The second kappa shape index (κ2) is 10.3. The molecule has 1 saturated carbocycles. The molecule has 1 aliphatic rings. The molecule has 192 valence electrons. The van der Waals surface area contributed by atoms with Crippen molar-refractivity contribution >= 4 is 29.0 Å². The predicted molar refractivity (Wildman–Crippen MR) is 143 cm³/mol. The number of benzene rings is 2. The van der Waals surface area contributed by atoms with Crippen molar-refractivity contribution in [1.29, 1.82) is 0 Å². The molecule has 0 saturated heterocycles. The van der Waals surface area contributed by atoms with E-state index in [0.29, 0.717) is 17.1 Å². The highest BCUT2D eigenvalue weighted by molar-refractivity contribution is 6.10. The van der Waals surface area contributed by atoms with Crippen LogP contribution in [0, 0.1) is 39.5 Å². The smallest absolute Gasteiger partial charge is 0.235 e. The number of ketones is 1. The molecule has 1 aromatic heterocycles. The van der Waals surface area contributed by atoms with E-state index in [0.717, 1.165) is 22.3 Å². The number of hydrogen-bond acceptors (Lipinski definition) is 5. The zero-order valence-electron chi connectivity index (χ0n) is 21.8. The third kappa shape index (κ3) is 5.47. The van der Waals surface area contributed by atoms with Gasteiger partial charge in [0.05, 0.1) is 11.5 Å². The van der Waals surface area contributed by atoms with Crippen LogP contribution in [0.2, 0.25) is 0 Å². The van der Waals surface area contributed by atoms with Crippen molar-refractivity contribution in [3.8, 4) is 0 Å². The van der Waals surface area contributed by atoms with Gasteiger partial charge in [0, 0.05) is 35.6 Å². The highest BCUT2D eigenvalue weighted by Gasteiger charge is 2.56. The van der Waals surface area contributed by atoms with Gasteiger partial charge in [0.1, 0.15) is 11.7 Å². The second-order valence-corrected chi connectivity index (χ2v) is 10.4. The Labute approximate surface area is 217 Å². The summed E-state index contributed by atoms with van der Waals surface area (Å²) in [6.07, 6.45) is 1.23. The number of carbonyl (C=O) groups is 3. The molecule has 1 fully saturated rings. The highest BCUT2D eigenvalue weighted by atomic mass is 16.3. The number of Topliss-reactive ketones (excluding diaryl/α,β-unsaturated/α-hetero) is 1. The van der Waals surface area contributed by atoms with Crippen LogP contribution in [0.15, 0.2) is 60.8 Å². The molecule has 7 nitrogen and oxygen atoms in total. The topological polar surface area (TPSA) is 108 Å². The summed E-state index contributed by atoms with van der Waals surface area (Å²) in [4.78, 5) is 45.3. The fraction of sp³-hybridized carbons (Fsp3) is 0.333. The summed E-state index contributed by atoms with van der Waals surface area (Å²) in [5.74, 6) is -4.69. The third-order valence-electron chi connectivity index (χ3n) is 7.14. The minimum Gasteiger partial charge on any atom is -0.389 e. The molecular formula is C30H33N3O4. The first kappa shape index (κ1) is 26.2. The lowest BCUT2D eigenvalue weighted by molar-refractivity contribution is -0.151. The van der Waals surface area contributed by atoms with Crippen LogP contribution in [-0.2, 0) is 14.4 Å². The van der Waals surface area contributed by atoms with Gasteiger partial charge in [-0.15, -0.1) is 0 Å². The Balaban J connectivity index is 1.75. The Hall–Kier alpha value is -3.84. The lowest BCUT2D eigenvalue weighted by Gasteiger charge is -2.44. The molecule has 2 amide bonds. The van der Waals surface area contributed by atoms with Crippen molar-refractivity contribution in [2.45, 2.75) is 52.6 Å². The molecule has 3 aromatic rings. The third-order valence-corrected chi connectivity index (χ3v) is 7.14. The van der Waals surface area contributed by atoms with E-state index in [-0.39, 0.29) is 6.42 Å². The molecule has 1 heterocycles. The van der Waals surface area contributed by atoms with Crippen molar-refractivity contribution in [2.75, 3.05) is 10.6 Å². The van der Waals surface area contributed by atoms with Gasteiger partial charge in [-0.05, 0) is 70.0 Å². The lowest BCUT2D eigenvalue weighted by Crippen LogP contribution is -2.56. The monoisotopic (exact) mass is 499 g/mol. The van der Waals surface area contributed by atoms with Crippen LogP contribution in [0.1, 0.15) is 47.2 Å². The first-order valence-corrected chi connectivity index (χ1v) is 12.4. The number of nitrogens with zero attached hydrogens (tertiary/aromatic N) is 1. The summed E-state index contributed by atoms with van der Waals surface area (Å²) < 4.78 is 0. The van der Waals surface area contributed by atoms with Gasteiger partial charge in [0.15, 0.2) is 0 Å². The van der Waals surface area contributed by atoms with Crippen LogP contribution in [0.5, 0.6) is 0 Å². The number of hydrogen-bond donors (Lipinski definition) is 3. The van der Waals surface area contributed by atoms with Crippen LogP contribution in [0.3, 0.4) is 0 Å². The normalized spacial score (nSPS) is 23.4. The number of amides is 2. The van der Waals surface area contributed by atoms with Gasteiger partial charge in [0.25, 0.3) is 0 Å². The fourth-order valence-corrected chi connectivity index (χ4v) is 5.35. The maximum atomic E-state index is 13.8. The number of carbonyl (C=O) groups excluding carboxylic acids is 3. The number of pyridine rings is 1. The van der Waals surface area contributed by atoms with E-state index < -0.39 is 41.0 Å². The largest absolute Gasteiger partial charge is 0.389 e. The van der Waals surface area contributed by atoms with Crippen LogP contribution in [0.4, 0.5) is 11.4 Å². The zero-order chi connectivity index (χ0) is 26.9. The van der Waals surface area contributed by atoms with Crippen LogP contribution >= 0.6 is 0 Å². The molecule has 4 unspecified atom stereocenters. The van der Waals surface area contributed by atoms with E-state index in [9.17, 15) is 19.5 Å². The SMILES string of the molecule is Cc1ccc(NC(=O)C2C(=O)CC(C)(O)C(C(=O)Nc3ccc(C)cc3C)C2c2ccccn2)c(C)c1. The number of nitrogens with one attached hydrogen (secondary N) is 2. The Morgan fingerprint density at radius 3 is 1.97 bits per heavy atom. The molecule has 0 bridgehead atoms. The fourth-order valence-electron chi connectivity index (χ4n) is 5.35. The molecule has 4 atom stereocenters. The zero-order valence-corrected chi connectivity index (χ0v) is 21.8. The molecule has 37 heavy (non-hydrogen) atoms. The van der Waals surface area contributed by atoms with Crippen LogP contribution in [-0.4, -0.2) is 33.3 Å². The van der Waals surface area contributed by atoms with E-state index in [4.69, 9.17) is 0 Å². The van der Waals surface area contributed by atoms with Gasteiger partial charge >= 0.3 is 0 Å². The molecule has 3 N–H and O–H groups in total.